The maximum Gasteiger partial charge on any atom is 0.305 e. The van der Waals surface area contributed by atoms with Crippen molar-refractivity contribution >= 4 is 5.97 Å². The molecule has 3 rings (SSSR count). The second kappa shape index (κ2) is 7.75. The normalized spacial score (nSPS) is 17.9. The van der Waals surface area contributed by atoms with Crippen LogP contribution < -0.4 is 9.47 Å². The average molecular weight is 374 g/mol. The number of aromatic hydroxyl groups is 2. The van der Waals surface area contributed by atoms with Crippen LogP contribution in [0.4, 0.5) is 0 Å². The highest BCUT2D eigenvalue weighted by Crippen LogP contribution is 2.51. The fourth-order valence-electron chi connectivity index (χ4n) is 3.33. The zero-order valence-electron chi connectivity index (χ0n) is 15.1. The van der Waals surface area contributed by atoms with Crippen molar-refractivity contribution in [3.8, 4) is 23.0 Å². The highest BCUT2D eigenvalue weighted by atomic mass is 16.5. The monoisotopic (exact) mass is 374 g/mol. The van der Waals surface area contributed by atoms with E-state index >= 15 is 0 Å². The Labute approximate surface area is 156 Å². The molecule has 0 saturated carbocycles. The molecule has 0 fully saturated rings. The second-order valence-corrected chi connectivity index (χ2v) is 6.33. The van der Waals surface area contributed by atoms with E-state index in [9.17, 15) is 20.1 Å². The summed E-state index contributed by atoms with van der Waals surface area (Å²) in [5.74, 6) is -0.215. The summed E-state index contributed by atoms with van der Waals surface area (Å²) in [4.78, 5) is 11.3. The fourth-order valence-corrected chi connectivity index (χ4v) is 3.33. The molecule has 7 nitrogen and oxygen atoms in total. The number of ether oxygens (including phenoxy) is 3. The summed E-state index contributed by atoms with van der Waals surface area (Å²) in [6, 6.07) is 8.39. The predicted molar refractivity (Wildman–Crippen MR) is 96.3 cm³/mol. The van der Waals surface area contributed by atoms with Crippen molar-refractivity contribution in [1.82, 2.24) is 0 Å². The van der Waals surface area contributed by atoms with Crippen LogP contribution in [0.3, 0.4) is 0 Å². The average Bonchev–Trinajstić information content (AvgIpc) is 3.06. The molecule has 0 spiro atoms. The first-order valence-electron chi connectivity index (χ1n) is 8.56. The lowest BCUT2D eigenvalue weighted by Gasteiger charge is -2.18. The van der Waals surface area contributed by atoms with E-state index in [0.29, 0.717) is 28.9 Å². The van der Waals surface area contributed by atoms with E-state index in [1.807, 2.05) is 0 Å². The number of hydrogen-bond acceptors (Lipinski definition) is 7. The van der Waals surface area contributed by atoms with E-state index in [-0.39, 0.29) is 36.2 Å². The van der Waals surface area contributed by atoms with E-state index < -0.39 is 12.0 Å². The van der Waals surface area contributed by atoms with Gasteiger partial charge in [0.2, 0.25) is 0 Å². The van der Waals surface area contributed by atoms with Gasteiger partial charge in [0.05, 0.1) is 26.7 Å². The Balaban J connectivity index is 1.91. The van der Waals surface area contributed by atoms with E-state index in [2.05, 4.69) is 4.74 Å². The maximum atomic E-state index is 11.3. The summed E-state index contributed by atoms with van der Waals surface area (Å²) in [6.45, 7) is -0.189. The number of carbonyl (C=O) groups excluding carboxylic acids is 1. The van der Waals surface area contributed by atoms with Gasteiger partial charge in [0.25, 0.3) is 0 Å². The van der Waals surface area contributed by atoms with Crippen molar-refractivity contribution in [3.63, 3.8) is 0 Å². The van der Waals surface area contributed by atoms with E-state index in [1.54, 1.807) is 24.3 Å². The highest BCUT2D eigenvalue weighted by Gasteiger charge is 2.37. The number of rotatable bonds is 6. The molecule has 0 saturated heterocycles. The van der Waals surface area contributed by atoms with Gasteiger partial charge in [0.1, 0.15) is 6.10 Å². The number of hydrogen-bond donors (Lipinski definition) is 3. The Morgan fingerprint density at radius 2 is 1.96 bits per heavy atom. The van der Waals surface area contributed by atoms with Crippen LogP contribution in [0.2, 0.25) is 0 Å². The molecule has 1 aliphatic rings. The molecule has 27 heavy (non-hydrogen) atoms. The first kappa shape index (κ1) is 18.8. The zero-order valence-corrected chi connectivity index (χ0v) is 15.1. The Morgan fingerprint density at radius 1 is 1.19 bits per heavy atom. The lowest BCUT2D eigenvalue weighted by Crippen LogP contribution is -2.13. The molecule has 1 aliphatic heterocycles. The summed E-state index contributed by atoms with van der Waals surface area (Å²) in [5.41, 5.74) is 1.89. The Kier molecular flexibility index (Phi) is 5.41. The molecule has 144 valence electrons. The molecule has 0 unspecified atom stereocenters. The second-order valence-electron chi connectivity index (χ2n) is 6.33. The summed E-state index contributed by atoms with van der Waals surface area (Å²) in [5, 5.41) is 30.5. The van der Waals surface area contributed by atoms with Crippen LogP contribution in [0.1, 0.15) is 35.1 Å². The molecule has 2 atom stereocenters. The number of fused-ring (bicyclic) bond motifs is 1. The molecule has 0 bridgehead atoms. The van der Waals surface area contributed by atoms with Crippen LogP contribution >= 0.6 is 0 Å². The van der Waals surface area contributed by atoms with Gasteiger partial charge >= 0.3 is 5.97 Å². The molecular weight excluding hydrogens is 352 g/mol. The summed E-state index contributed by atoms with van der Waals surface area (Å²) in [6.07, 6.45) is -0.113. The molecule has 0 amide bonds. The van der Waals surface area contributed by atoms with Gasteiger partial charge in [-0.15, -0.1) is 0 Å². The molecule has 3 N–H and O–H groups in total. The first-order chi connectivity index (χ1) is 13.0. The minimum absolute atomic E-state index is 0.0331. The molecule has 1 heterocycles. The summed E-state index contributed by atoms with van der Waals surface area (Å²) < 4.78 is 15.6. The predicted octanol–water partition coefficient (Wildman–Crippen LogP) is 2.42. The lowest BCUT2D eigenvalue weighted by atomic mass is 9.90. The minimum atomic E-state index is -0.566. The number of aryl methyl sites for hydroxylation is 1. The van der Waals surface area contributed by atoms with Crippen LogP contribution in [0.25, 0.3) is 0 Å². The molecule has 7 heteroatoms. The third kappa shape index (κ3) is 3.50. The van der Waals surface area contributed by atoms with Gasteiger partial charge in [0.15, 0.2) is 23.0 Å². The minimum Gasteiger partial charge on any atom is -0.504 e. The third-order valence-electron chi connectivity index (χ3n) is 4.81. The van der Waals surface area contributed by atoms with E-state index in [4.69, 9.17) is 9.47 Å². The number of aliphatic hydroxyl groups excluding tert-OH is 1. The molecule has 2 aromatic carbocycles. The van der Waals surface area contributed by atoms with Crippen LogP contribution in [0.5, 0.6) is 23.0 Å². The number of carbonyl (C=O) groups is 1. The van der Waals surface area contributed by atoms with Crippen LogP contribution in [0, 0.1) is 0 Å². The largest absolute Gasteiger partial charge is 0.504 e. The third-order valence-corrected chi connectivity index (χ3v) is 4.81. The maximum absolute atomic E-state index is 11.3. The van der Waals surface area contributed by atoms with Gasteiger partial charge < -0.3 is 29.5 Å². The molecule has 0 radical (unpaired) electrons. The number of methoxy groups -OCH3 is 2. The van der Waals surface area contributed by atoms with Crippen LogP contribution in [-0.4, -0.2) is 42.1 Å². The number of phenols is 2. The van der Waals surface area contributed by atoms with Crippen molar-refractivity contribution in [2.45, 2.75) is 24.9 Å². The SMILES string of the molecule is COC(=O)CCc1ccc2c(c1O)O[C@@H](c1ccc(OC)c(O)c1)[C@H]2CO. The van der Waals surface area contributed by atoms with Gasteiger partial charge in [-0.25, -0.2) is 0 Å². The molecule has 0 aliphatic carbocycles. The standard InChI is InChI=1S/C20H22O7/c1-25-16-7-4-12(9-15(16)22)19-14(10-21)13-6-3-11(5-8-17(23)26-2)18(24)20(13)27-19/h3-4,6-7,9,14,19,21-22,24H,5,8,10H2,1-2H3/t14-,19-/m0/s1. The Bertz CT molecular complexity index is 846. The Morgan fingerprint density at radius 3 is 2.59 bits per heavy atom. The smallest absolute Gasteiger partial charge is 0.305 e. The van der Waals surface area contributed by atoms with Gasteiger partial charge in [-0.3, -0.25) is 4.79 Å². The van der Waals surface area contributed by atoms with E-state index in [1.165, 1.54) is 20.3 Å². The van der Waals surface area contributed by atoms with E-state index in [0.717, 1.165) is 0 Å². The topological polar surface area (TPSA) is 105 Å². The summed E-state index contributed by atoms with van der Waals surface area (Å²) >= 11 is 0. The van der Waals surface area contributed by atoms with Crippen molar-refractivity contribution in [2.24, 2.45) is 0 Å². The van der Waals surface area contributed by atoms with Crippen molar-refractivity contribution in [1.29, 1.82) is 0 Å². The van der Waals surface area contributed by atoms with Crippen molar-refractivity contribution in [2.75, 3.05) is 20.8 Å². The fraction of sp³-hybridized carbons (Fsp3) is 0.350. The first-order valence-corrected chi connectivity index (χ1v) is 8.56. The highest BCUT2D eigenvalue weighted by molar-refractivity contribution is 5.70. The molecular formula is C20H22O7. The van der Waals surface area contributed by atoms with Gasteiger partial charge in [-0.05, 0) is 29.7 Å². The van der Waals surface area contributed by atoms with Crippen molar-refractivity contribution < 1.29 is 34.3 Å². The molecule has 0 aromatic heterocycles. The Hall–Kier alpha value is -2.93. The lowest BCUT2D eigenvalue weighted by molar-refractivity contribution is -0.140. The number of benzene rings is 2. The molecule has 2 aromatic rings. The number of aliphatic hydroxyl groups is 1. The number of phenolic OH excluding ortho intramolecular Hbond substituents is 2. The summed E-state index contributed by atoms with van der Waals surface area (Å²) in [7, 11) is 2.77. The van der Waals surface area contributed by atoms with Crippen LogP contribution in [0.15, 0.2) is 30.3 Å². The zero-order chi connectivity index (χ0) is 19.6. The van der Waals surface area contributed by atoms with Gasteiger partial charge in [-0.2, -0.15) is 0 Å². The van der Waals surface area contributed by atoms with Crippen LogP contribution in [-0.2, 0) is 16.0 Å². The quantitative estimate of drug-likeness (QED) is 0.667. The van der Waals surface area contributed by atoms with Gasteiger partial charge in [-0.1, -0.05) is 18.2 Å². The number of esters is 1. The van der Waals surface area contributed by atoms with Crippen molar-refractivity contribution in [3.05, 3.63) is 47.0 Å². The van der Waals surface area contributed by atoms with Gasteiger partial charge in [0, 0.05) is 12.0 Å².